The molecule has 12 nitrogen and oxygen atoms in total. The van der Waals surface area contributed by atoms with E-state index in [0.717, 1.165) is 114 Å². The van der Waals surface area contributed by atoms with E-state index < -0.39 is 5.91 Å². The SMILES string of the molecule is Cc1c(C)c2c(N)c(c1N)C(=O)N1CCCCCCNC(=O)CCCCCCCCCCCN(CCCCCC1)C2=O.NC(=O)c1cccc(C(=O)N2CCCCCC2)c1. The average Bonchev–Trinajstić information content (AvgIpc) is 3.53. The summed E-state index contributed by atoms with van der Waals surface area (Å²) in [5, 5.41) is 3.07. The number of carbonyl (C=O) groups is 5. The second-order valence-corrected chi connectivity index (χ2v) is 17.2. The number of nitrogens with two attached hydrogens (primary N) is 3. The third kappa shape index (κ3) is 14.8. The van der Waals surface area contributed by atoms with E-state index in [1.165, 1.54) is 44.9 Å². The normalized spacial score (nSPS) is 19.4. The van der Waals surface area contributed by atoms with Crippen LogP contribution in [-0.4, -0.2) is 90.0 Å². The highest BCUT2D eigenvalue weighted by Gasteiger charge is 2.30. The molecule has 4 bridgehead atoms. The topological polar surface area (TPSA) is 185 Å². The number of nitrogens with one attached hydrogen (secondary N) is 1. The smallest absolute Gasteiger partial charge is 0.258 e. The monoisotopic (exact) mass is 830 g/mol. The number of rotatable bonds is 2. The van der Waals surface area contributed by atoms with Gasteiger partial charge in [0, 0.05) is 69.0 Å². The van der Waals surface area contributed by atoms with Gasteiger partial charge in [0.2, 0.25) is 11.8 Å². The van der Waals surface area contributed by atoms with Crippen LogP contribution in [0.25, 0.3) is 0 Å². The van der Waals surface area contributed by atoms with Crippen molar-refractivity contribution in [2.24, 2.45) is 5.73 Å². The molecule has 60 heavy (non-hydrogen) atoms. The number of fused-ring (bicyclic) bond motifs is 2. The van der Waals surface area contributed by atoms with Gasteiger partial charge in [-0.1, -0.05) is 89.5 Å². The highest BCUT2D eigenvalue weighted by Crippen LogP contribution is 2.34. The lowest BCUT2D eigenvalue weighted by Gasteiger charge is -2.28. The predicted molar refractivity (Wildman–Crippen MR) is 242 cm³/mol. The van der Waals surface area contributed by atoms with Gasteiger partial charge in [0.25, 0.3) is 17.7 Å². The number of hydrogen-bond donors (Lipinski definition) is 4. The van der Waals surface area contributed by atoms with Gasteiger partial charge in [0.15, 0.2) is 0 Å². The van der Waals surface area contributed by atoms with Gasteiger partial charge in [-0.3, -0.25) is 24.0 Å². The zero-order valence-corrected chi connectivity index (χ0v) is 36.9. The molecule has 0 aromatic heterocycles. The van der Waals surface area contributed by atoms with Gasteiger partial charge >= 0.3 is 0 Å². The molecule has 3 aliphatic heterocycles. The number of amides is 5. The summed E-state index contributed by atoms with van der Waals surface area (Å²) < 4.78 is 0. The Bertz CT molecular complexity index is 1720. The molecule has 0 saturated carbocycles. The largest absolute Gasteiger partial charge is 0.398 e. The quantitative estimate of drug-likeness (QED) is 0.219. The standard InChI is InChI=1S/C34H57N5O3.C14H18N2O2/c1-26-27(2)31(35)30-32(36)29(26)33(41)38-22-16-10-7-5-3-4-6-8-14-20-28(40)37-21-15-9-11-17-24-39(34(30)42)25-19-13-12-18-23-38;15-13(17)11-6-5-7-12(10-11)14(18)16-8-3-1-2-4-9-16/h3-25,35-36H2,1-2H3,(H,37,40);5-7,10H,1-4,8-9H2,(H2,15,17). The van der Waals surface area contributed by atoms with Crippen LogP contribution < -0.4 is 22.5 Å². The molecule has 1 fully saturated rings. The van der Waals surface area contributed by atoms with Crippen LogP contribution in [0.15, 0.2) is 24.3 Å². The molecule has 1 saturated heterocycles. The lowest BCUT2D eigenvalue weighted by Crippen LogP contribution is -2.36. The Kier molecular flexibility index (Phi) is 20.7. The van der Waals surface area contributed by atoms with E-state index in [-0.39, 0.29) is 29.3 Å². The number of benzene rings is 2. The minimum atomic E-state index is -0.500. The van der Waals surface area contributed by atoms with Crippen molar-refractivity contribution < 1.29 is 24.0 Å². The third-order valence-corrected chi connectivity index (χ3v) is 12.6. The lowest BCUT2D eigenvalue weighted by atomic mass is 9.92. The van der Waals surface area contributed by atoms with Crippen molar-refractivity contribution in [3.05, 3.63) is 57.6 Å². The predicted octanol–water partition coefficient (Wildman–Crippen LogP) is 8.32. The van der Waals surface area contributed by atoms with Crippen molar-refractivity contribution in [2.75, 3.05) is 57.3 Å². The molecule has 7 N–H and O–H groups in total. The third-order valence-electron chi connectivity index (χ3n) is 12.6. The van der Waals surface area contributed by atoms with Gasteiger partial charge in [0.05, 0.1) is 16.8 Å². The van der Waals surface area contributed by atoms with Crippen LogP contribution in [0, 0.1) is 13.8 Å². The van der Waals surface area contributed by atoms with Gasteiger partial charge in [-0.25, -0.2) is 0 Å². The minimum absolute atomic E-state index is 0.000000000000000444. The first kappa shape index (κ1) is 48.1. The summed E-state index contributed by atoms with van der Waals surface area (Å²) in [6, 6.07) is 6.64. The maximum absolute atomic E-state index is 14.0. The van der Waals surface area contributed by atoms with Gasteiger partial charge in [-0.2, -0.15) is 0 Å². The van der Waals surface area contributed by atoms with E-state index in [9.17, 15) is 24.0 Å². The van der Waals surface area contributed by atoms with Gasteiger partial charge in [0.1, 0.15) is 0 Å². The fourth-order valence-corrected chi connectivity index (χ4v) is 8.64. The van der Waals surface area contributed by atoms with Crippen molar-refractivity contribution in [3.8, 4) is 0 Å². The molecule has 0 radical (unpaired) electrons. The van der Waals surface area contributed by atoms with Gasteiger partial charge < -0.3 is 37.2 Å². The van der Waals surface area contributed by atoms with Crippen LogP contribution in [-0.2, 0) is 4.79 Å². The molecular weight excluding hydrogens is 755 g/mol. The fraction of sp³-hybridized carbons (Fsp3) is 0.646. The Morgan fingerprint density at radius 3 is 1.48 bits per heavy atom. The van der Waals surface area contributed by atoms with E-state index in [0.29, 0.717) is 67.1 Å². The molecule has 2 aromatic carbocycles. The molecule has 332 valence electrons. The summed E-state index contributed by atoms with van der Waals surface area (Å²) >= 11 is 0. The number of likely N-dealkylation sites (tertiary alicyclic amines) is 1. The maximum Gasteiger partial charge on any atom is 0.258 e. The van der Waals surface area contributed by atoms with E-state index in [4.69, 9.17) is 17.2 Å². The van der Waals surface area contributed by atoms with Crippen LogP contribution in [0.4, 0.5) is 11.4 Å². The van der Waals surface area contributed by atoms with Crippen LogP contribution >= 0.6 is 0 Å². The van der Waals surface area contributed by atoms with E-state index in [2.05, 4.69) is 5.32 Å². The fourth-order valence-electron chi connectivity index (χ4n) is 8.64. The summed E-state index contributed by atoms with van der Waals surface area (Å²) in [5.41, 5.74) is 22.3. The number of carbonyl (C=O) groups excluding carboxylic acids is 5. The van der Waals surface area contributed by atoms with E-state index in [1.807, 2.05) is 28.5 Å². The highest BCUT2D eigenvalue weighted by atomic mass is 16.2. The maximum atomic E-state index is 14.0. The van der Waals surface area contributed by atoms with Crippen LogP contribution in [0.5, 0.6) is 0 Å². The summed E-state index contributed by atoms with van der Waals surface area (Å²) in [7, 11) is 0. The summed E-state index contributed by atoms with van der Waals surface area (Å²) in [6.45, 7) is 8.83. The summed E-state index contributed by atoms with van der Waals surface area (Å²) in [5.74, 6) is -0.565. The van der Waals surface area contributed by atoms with Crippen molar-refractivity contribution in [2.45, 2.75) is 155 Å². The number of nitrogen functional groups attached to an aromatic ring is 2. The Labute approximate surface area is 359 Å². The lowest BCUT2D eigenvalue weighted by molar-refractivity contribution is -0.121. The molecule has 5 amide bonds. The number of anilines is 2. The second kappa shape index (κ2) is 25.9. The molecule has 0 atom stereocenters. The second-order valence-electron chi connectivity index (χ2n) is 17.2. The zero-order valence-electron chi connectivity index (χ0n) is 36.9. The van der Waals surface area contributed by atoms with Crippen molar-refractivity contribution in [3.63, 3.8) is 0 Å². The number of hydrogen-bond acceptors (Lipinski definition) is 7. The van der Waals surface area contributed by atoms with E-state index >= 15 is 0 Å². The summed E-state index contributed by atoms with van der Waals surface area (Å²) in [6.07, 6.45) is 23.0. The average molecular weight is 830 g/mol. The van der Waals surface area contributed by atoms with E-state index in [1.54, 1.807) is 24.3 Å². The number of primary amides is 1. The first-order valence-electron chi connectivity index (χ1n) is 23.2. The minimum Gasteiger partial charge on any atom is -0.398 e. The zero-order chi connectivity index (χ0) is 43.3. The van der Waals surface area contributed by atoms with Gasteiger partial charge in [-0.15, -0.1) is 0 Å². The highest BCUT2D eigenvalue weighted by molar-refractivity contribution is 6.12. The van der Waals surface area contributed by atoms with Crippen molar-refractivity contribution in [1.29, 1.82) is 0 Å². The molecular formula is C48H75N7O5. The molecule has 3 aliphatic rings. The molecule has 5 rings (SSSR count). The Balaban J connectivity index is 0.000000365. The first-order chi connectivity index (χ1) is 29.0. The summed E-state index contributed by atoms with van der Waals surface area (Å²) in [4.78, 5) is 69.4. The van der Waals surface area contributed by atoms with Gasteiger partial charge in [-0.05, 0) is 94.5 Å². The molecule has 3 heterocycles. The Hall–Kier alpha value is -4.61. The van der Waals surface area contributed by atoms with Crippen molar-refractivity contribution in [1.82, 2.24) is 20.0 Å². The molecule has 2 aromatic rings. The van der Waals surface area contributed by atoms with Crippen LogP contribution in [0.2, 0.25) is 0 Å². The van der Waals surface area contributed by atoms with Crippen molar-refractivity contribution >= 4 is 40.9 Å². The first-order valence-corrected chi connectivity index (χ1v) is 23.2. The number of nitrogens with zero attached hydrogens (tertiary/aromatic N) is 3. The molecule has 12 heteroatoms. The Morgan fingerprint density at radius 1 is 0.533 bits per heavy atom. The Morgan fingerprint density at radius 2 is 0.967 bits per heavy atom. The van der Waals surface area contributed by atoms with Crippen LogP contribution in [0.3, 0.4) is 0 Å². The van der Waals surface area contributed by atoms with Crippen LogP contribution in [0.1, 0.15) is 194 Å². The molecule has 0 spiro atoms. The molecule has 0 unspecified atom stereocenters. The molecule has 0 aliphatic carbocycles.